The largest absolute Gasteiger partial charge is 0.337 e. The fraction of sp³-hybridized carbons (Fsp3) is 0.556. The third-order valence-electron chi connectivity index (χ3n) is 2.33. The highest BCUT2D eigenvalue weighted by molar-refractivity contribution is 7.09. The van der Waals surface area contributed by atoms with Gasteiger partial charge in [0.1, 0.15) is 0 Å². The predicted octanol–water partition coefficient (Wildman–Crippen LogP) is 1.44. The summed E-state index contributed by atoms with van der Waals surface area (Å²) in [4.78, 5) is 18.8. The Balaban J connectivity index is 2.13. The minimum Gasteiger partial charge on any atom is -0.337 e. The summed E-state index contributed by atoms with van der Waals surface area (Å²) >= 11 is 1.65. The highest BCUT2D eigenvalue weighted by atomic mass is 32.1. The number of nitrogens with zero attached hydrogens (tertiary/aromatic N) is 2. The van der Waals surface area contributed by atoms with Crippen molar-refractivity contribution in [1.82, 2.24) is 9.88 Å². The van der Waals surface area contributed by atoms with Gasteiger partial charge in [-0.25, -0.2) is 4.98 Å². The van der Waals surface area contributed by atoms with E-state index in [0.717, 1.165) is 19.5 Å². The lowest BCUT2D eigenvalue weighted by Crippen LogP contribution is -2.34. The summed E-state index contributed by atoms with van der Waals surface area (Å²) in [5.41, 5.74) is 3.05. The Morgan fingerprint density at radius 2 is 2.62 bits per heavy atom. The van der Waals surface area contributed by atoms with Gasteiger partial charge in [-0.15, -0.1) is 11.3 Å². The lowest BCUT2D eigenvalue weighted by molar-refractivity contribution is -0.131. The van der Waals surface area contributed by atoms with Crippen molar-refractivity contribution in [3.05, 3.63) is 16.1 Å². The van der Waals surface area contributed by atoms with Crippen molar-refractivity contribution in [2.24, 2.45) is 0 Å². The van der Waals surface area contributed by atoms with Crippen LogP contribution in [0.25, 0.3) is 0 Å². The number of aromatic nitrogens is 1. The van der Waals surface area contributed by atoms with E-state index in [1.165, 1.54) is 10.6 Å². The van der Waals surface area contributed by atoms with Crippen LogP contribution in [0.3, 0.4) is 0 Å². The SMILES string of the molecule is CCC(=O)N1CCc2ncsc2C1. The van der Waals surface area contributed by atoms with Crippen LogP contribution in [0, 0.1) is 0 Å². The molecule has 0 spiro atoms. The zero-order valence-corrected chi connectivity index (χ0v) is 8.43. The van der Waals surface area contributed by atoms with E-state index in [2.05, 4.69) is 4.98 Å². The number of hydrogen-bond donors (Lipinski definition) is 0. The van der Waals surface area contributed by atoms with Crippen molar-refractivity contribution in [2.45, 2.75) is 26.3 Å². The number of thiazole rings is 1. The topological polar surface area (TPSA) is 33.2 Å². The van der Waals surface area contributed by atoms with Gasteiger partial charge in [-0.05, 0) is 0 Å². The first-order valence-electron chi connectivity index (χ1n) is 4.50. The van der Waals surface area contributed by atoms with E-state index in [9.17, 15) is 4.79 Å². The molecule has 1 amide bonds. The Morgan fingerprint density at radius 3 is 3.38 bits per heavy atom. The van der Waals surface area contributed by atoms with Gasteiger partial charge in [-0.2, -0.15) is 0 Å². The Bertz CT molecular complexity index is 321. The molecule has 70 valence electrons. The molecular formula is C9H12N2OS. The van der Waals surface area contributed by atoms with Crippen LogP contribution in [0.5, 0.6) is 0 Å². The average molecular weight is 196 g/mol. The van der Waals surface area contributed by atoms with Crippen molar-refractivity contribution in [3.8, 4) is 0 Å². The van der Waals surface area contributed by atoms with Crippen molar-refractivity contribution >= 4 is 17.2 Å². The van der Waals surface area contributed by atoms with E-state index in [4.69, 9.17) is 0 Å². The molecule has 3 nitrogen and oxygen atoms in total. The number of rotatable bonds is 1. The molecule has 1 aromatic rings. The van der Waals surface area contributed by atoms with Crippen molar-refractivity contribution in [2.75, 3.05) is 6.54 Å². The summed E-state index contributed by atoms with van der Waals surface area (Å²) in [6.07, 6.45) is 1.53. The van der Waals surface area contributed by atoms with Crippen LogP contribution >= 0.6 is 11.3 Å². The number of hydrogen-bond acceptors (Lipinski definition) is 3. The third-order valence-corrected chi connectivity index (χ3v) is 3.19. The van der Waals surface area contributed by atoms with Crippen LogP contribution in [0.4, 0.5) is 0 Å². The summed E-state index contributed by atoms with van der Waals surface area (Å²) in [6, 6.07) is 0. The summed E-state index contributed by atoms with van der Waals surface area (Å²) < 4.78 is 0. The normalized spacial score (nSPS) is 15.6. The maximum Gasteiger partial charge on any atom is 0.222 e. The lowest BCUT2D eigenvalue weighted by Gasteiger charge is -2.25. The predicted molar refractivity (Wildman–Crippen MR) is 51.5 cm³/mol. The molecule has 0 bridgehead atoms. The summed E-state index contributed by atoms with van der Waals surface area (Å²) in [7, 11) is 0. The van der Waals surface area contributed by atoms with Gasteiger partial charge >= 0.3 is 0 Å². The second kappa shape index (κ2) is 3.46. The van der Waals surface area contributed by atoms with E-state index in [1.807, 2.05) is 17.3 Å². The van der Waals surface area contributed by atoms with Crippen LogP contribution in [-0.4, -0.2) is 22.3 Å². The van der Waals surface area contributed by atoms with Crippen LogP contribution in [0.2, 0.25) is 0 Å². The highest BCUT2D eigenvalue weighted by Gasteiger charge is 2.20. The van der Waals surface area contributed by atoms with Gasteiger partial charge in [0.15, 0.2) is 0 Å². The average Bonchev–Trinajstić information content (AvgIpc) is 2.63. The molecule has 1 aliphatic rings. The van der Waals surface area contributed by atoms with E-state index in [0.29, 0.717) is 6.42 Å². The molecule has 2 heterocycles. The van der Waals surface area contributed by atoms with Gasteiger partial charge in [0, 0.05) is 24.3 Å². The Kier molecular flexibility index (Phi) is 2.31. The molecule has 0 radical (unpaired) electrons. The fourth-order valence-electron chi connectivity index (χ4n) is 1.56. The van der Waals surface area contributed by atoms with E-state index in [1.54, 1.807) is 11.3 Å². The third kappa shape index (κ3) is 1.58. The minimum atomic E-state index is 0.249. The molecule has 13 heavy (non-hydrogen) atoms. The Morgan fingerprint density at radius 1 is 1.77 bits per heavy atom. The minimum absolute atomic E-state index is 0.249. The second-order valence-corrected chi connectivity index (χ2v) is 4.08. The van der Waals surface area contributed by atoms with Crippen molar-refractivity contribution < 1.29 is 4.79 Å². The molecule has 0 N–H and O–H groups in total. The number of amides is 1. The maximum absolute atomic E-state index is 11.4. The second-order valence-electron chi connectivity index (χ2n) is 3.14. The van der Waals surface area contributed by atoms with Gasteiger partial charge in [-0.3, -0.25) is 4.79 Å². The summed E-state index contributed by atoms with van der Waals surface area (Å²) in [5.74, 6) is 0.249. The Labute approximate surface area is 81.4 Å². The van der Waals surface area contributed by atoms with Gasteiger partial charge in [0.2, 0.25) is 5.91 Å². The molecule has 0 unspecified atom stereocenters. The first-order chi connectivity index (χ1) is 6.31. The summed E-state index contributed by atoms with van der Waals surface area (Å²) in [5, 5.41) is 0. The van der Waals surface area contributed by atoms with E-state index < -0.39 is 0 Å². The first-order valence-corrected chi connectivity index (χ1v) is 5.38. The van der Waals surface area contributed by atoms with Gasteiger partial charge < -0.3 is 4.90 Å². The molecule has 1 aromatic heterocycles. The zero-order chi connectivity index (χ0) is 9.26. The van der Waals surface area contributed by atoms with Crippen LogP contribution < -0.4 is 0 Å². The van der Waals surface area contributed by atoms with Crippen molar-refractivity contribution in [1.29, 1.82) is 0 Å². The van der Waals surface area contributed by atoms with E-state index >= 15 is 0 Å². The van der Waals surface area contributed by atoms with Gasteiger partial charge in [0.05, 0.1) is 17.7 Å². The molecule has 0 aliphatic carbocycles. The first kappa shape index (κ1) is 8.69. The fourth-order valence-corrected chi connectivity index (χ4v) is 2.38. The maximum atomic E-state index is 11.4. The molecule has 0 saturated heterocycles. The molecule has 2 rings (SSSR count). The lowest BCUT2D eigenvalue weighted by atomic mass is 10.2. The van der Waals surface area contributed by atoms with Gasteiger partial charge in [-0.1, -0.05) is 6.92 Å². The molecule has 4 heteroatoms. The molecule has 0 saturated carbocycles. The Hall–Kier alpha value is -0.900. The number of carbonyl (C=O) groups excluding carboxylic acids is 1. The molecule has 0 fully saturated rings. The molecular weight excluding hydrogens is 184 g/mol. The highest BCUT2D eigenvalue weighted by Crippen LogP contribution is 2.21. The molecule has 0 aromatic carbocycles. The number of fused-ring (bicyclic) bond motifs is 1. The zero-order valence-electron chi connectivity index (χ0n) is 7.62. The standard InChI is InChI=1S/C9H12N2OS/c1-2-9(12)11-4-3-7-8(5-11)13-6-10-7/h6H,2-5H2,1H3. The smallest absolute Gasteiger partial charge is 0.222 e. The van der Waals surface area contributed by atoms with Crippen molar-refractivity contribution in [3.63, 3.8) is 0 Å². The van der Waals surface area contributed by atoms with E-state index in [-0.39, 0.29) is 5.91 Å². The van der Waals surface area contributed by atoms with Crippen LogP contribution in [0.1, 0.15) is 23.9 Å². The number of carbonyl (C=O) groups is 1. The monoisotopic (exact) mass is 196 g/mol. The van der Waals surface area contributed by atoms with Gasteiger partial charge in [0.25, 0.3) is 0 Å². The van der Waals surface area contributed by atoms with Crippen LogP contribution in [0.15, 0.2) is 5.51 Å². The quantitative estimate of drug-likeness (QED) is 0.681. The molecule has 1 aliphatic heterocycles. The summed E-state index contributed by atoms with van der Waals surface area (Å²) in [6.45, 7) is 3.51. The molecule has 0 atom stereocenters. The van der Waals surface area contributed by atoms with Crippen LogP contribution in [-0.2, 0) is 17.8 Å².